The summed E-state index contributed by atoms with van der Waals surface area (Å²) in [5.41, 5.74) is 4.93. The van der Waals surface area contributed by atoms with Gasteiger partial charge in [0.2, 0.25) is 0 Å². The minimum Gasteiger partial charge on any atom is -0.326 e. The van der Waals surface area contributed by atoms with Crippen molar-refractivity contribution in [1.82, 2.24) is 9.97 Å². The molecule has 3 N–H and O–H groups in total. The maximum absolute atomic E-state index is 5.44. The summed E-state index contributed by atoms with van der Waals surface area (Å²) >= 11 is 0. The first kappa shape index (κ1) is 13.3. The molecule has 1 heterocycles. The molecule has 0 saturated heterocycles. The maximum Gasteiger partial charge on any atom is 0.145 e. The lowest BCUT2D eigenvalue weighted by molar-refractivity contribution is 0.945. The van der Waals surface area contributed by atoms with Crippen molar-refractivity contribution in [3.63, 3.8) is 0 Å². The number of rotatable bonds is 4. The van der Waals surface area contributed by atoms with Crippen LogP contribution in [-0.4, -0.2) is 16.5 Å². The van der Waals surface area contributed by atoms with Gasteiger partial charge in [-0.3, -0.25) is 0 Å². The summed E-state index contributed by atoms with van der Waals surface area (Å²) in [6.07, 6.45) is 0. The maximum atomic E-state index is 5.44. The number of para-hydroxylation sites is 1. The molecule has 5 nitrogen and oxygen atoms in total. The SMILES string of the molecule is CCN(c1cc(NN)nc(C)n1)c1ccccc1C. The minimum absolute atomic E-state index is 0.620. The molecule has 0 saturated carbocycles. The standard InChI is InChI=1S/C14H19N5/c1-4-19(12-8-6-5-7-10(12)2)14-9-13(18-15)16-11(3)17-14/h5-9H,4,15H2,1-3H3,(H,16,17,18). The molecule has 0 spiro atoms. The fourth-order valence-electron chi connectivity index (χ4n) is 2.09. The number of aromatic nitrogens is 2. The van der Waals surface area contributed by atoms with Crippen LogP contribution in [0.4, 0.5) is 17.3 Å². The van der Waals surface area contributed by atoms with E-state index < -0.39 is 0 Å². The lowest BCUT2D eigenvalue weighted by Crippen LogP contribution is -2.20. The second kappa shape index (κ2) is 5.67. The Morgan fingerprint density at radius 1 is 1.21 bits per heavy atom. The van der Waals surface area contributed by atoms with Crippen LogP contribution in [0.5, 0.6) is 0 Å². The fraction of sp³-hybridized carbons (Fsp3) is 0.286. The second-order valence-corrected chi connectivity index (χ2v) is 4.33. The summed E-state index contributed by atoms with van der Waals surface area (Å²) in [5, 5.41) is 0. The number of anilines is 3. The van der Waals surface area contributed by atoms with Gasteiger partial charge < -0.3 is 10.3 Å². The molecule has 1 aromatic heterocycles. The Morgan fingerprint density at radius 3 is 2.58 bits per heavy atom. The summed E-state index contributed by atoms with van der Waals surface area (Å²) in [6.45, 7) is 6.87. The van der Waals surface area contributed by atoms with E-state index in [9.17, 15) is 0 Å². The van der Waals surface area contributed by atoms with Crippen molar-refractivity contribution >= 4 is 17.3 Å². The first-order chi connectivity index (χ1) is 9.15. The molecule has 0 aliphatic carbocycles. The highest BCUT2D eigenvalue weighted by Crippen LogP contribution is 2.27. The van der Waals surface area contributed by atoms with Crippen LogP contribution in [-0.2, 0) is 0 Å². The molecule has 0 radical (unpaired) electrons. The van der Waals surface area contributed by atoms with Gasteiger partial charge in [-0.15, -0.1) is 0 Å². The van der Waals surface area contributed by atoms with E-state index in [1.807, 2.05) is 25.1 Å². The molecule has 5 heteroatoms. The number of hydrazine groups is 1. The van der Waals surface area contributed by atoms with Crippen LogP contribution in [0.3, 0.4) is 0 Å². The van der Waals surface area contributed by atoms with Gasteiger partial charge >= 0.3 is 0 Å². The molecule has 0 atom stereocenters. The number of benzene rings is 1. The molecule has 1 aromatic carbocycles. The minimum atomic E-state index is 0.620. The van der Waals surface area contributed by atoms with Gasteiger partial charge in [0, 0.05) is 18.3 Å². The average Bonchev–Trinajstić information content (AvgIpc) is 2.41. The summed E-state index contributed by atoms with van der Waals surface area (Å²) in [5.74, 6) is 7.60. The van der Waals surface area contributed by atoms with Crippen LogP contribution in [0.1, 0.15) is 18.3 Å². The number of hydrogen-bond donors (Lipinski definition) is 2. The first-order valence-corrected chi connectivity index (χ1v) is 6.31. The Kier molecular flexibility index (Phi) is 3.97. The monoisotopic (exact) mass is 257 g/mol. The van der Waals surface area contributed by atoms with Crippen molar-refractivity contribution in [2.75, 3.05) is 16.9 Å². The van der Waals surface area contributed by atoms with E-state index in [2.05, 4.69) is 46.3 Å². The van der Waals surface area contributed by atoms with Gasteiger partial charge in [-0.05, 0) is 32.4 Å². The molecule has 19 heavy (non-hydrogen) atoms. The Morgan fingerprint density at radius 2 is 1.95 bits per heavy atom. The Bertz CT molecular complexity index is 568. The molecular formula is C14H19N5. The van der Waals surface area contributed by atoms with Crippen LogP contribution in [0.25, 0.3) is 0 Å². The number of nitrogens with one attached hydrogen (secondary N) is 1. The largest absolute Gasteiger partial charge is 0.326 e. The highest BCUT2D eigenvalue weighted by Gasteiger charge is 2.12. The van der Waals surface area contributed by atoms with Gasteiger partial charge in [0.25, 0.3) is 0 Å². The van der Waals surface area contributed by atoms with E-state index in [1.165, 1.54) is 5.56 Å². The molecule has 0 unspecified atom stereocenters. The Labute approximate surface area is 113 Å². The van der Waals surface area contributed by atoms with Gasteiger partial charge in [-0.25, -0.2) is 15.8 Å². The van der Waals surface area contributed by atoms with E-state index in [0.717, 1.165) is 18.1 Å². The number of hydrogen-bond acceptors (Lipinski definition) is 5. The molecule has 100 valence electrons. The van der Waals surface area contributed by atoms with E-state index >= 15 is 0 Å². The molecule has 0 amide bonds. The summed E-state index contributed by atoms with van der Waals surface area (Å²) in [6, 6.07) is 10.1. The Hall–Kier alpha value is -2.14. The normalized spacial score (nSPS) is 10.3. The molecule has 2 rings (SSSR count). The van der Waals surface area contributed by atoms with Crippen molar-refractivity contribution in [2.24, 2.45) is 5.84 Å². The van der Waals surface area contributed by atoms with E-state index in [1.54, 1.807) is 0 Å². The zero-order chi connectivity index (χ0) is 13.8. The second-order valence-electron chi connectivity index (χ2n) is 4.33. The van der Waals surface area contributed by atoms with Gasteiger partial charge in [-0.1, -0.05) is 18.2 Å². The highest BCUT2D eigenvalue weighted by atomic mass is 15.3. The van der Waals surface area contributed by atoms with Gasteiger partial charge in [0.1, 0.15) is 17.5 Å². The molecule has 0 bridgehead atoms. The quantitative estimate of drug-likeness (QED) is 0.651. The van der Waals surface area contributed by atoms with Gasteiger partial charge in [0.15, 0.2) is 0 Å². The number of nitrogen functional groups attached to an aromatic ring is 1. The molecule has 2 aromatic rings. The molecular weight excluding hydrogens is 238 g/mol. The lowest BCUT2D eigenvalue weighted by atomic mass is 10.2. The van der Waals surface area contributed by atoms with Crippen LogP contribution in [0.2, 0.25) is 0 Å². The van der Waals surface area contributed by atoms with Crippen molar-refractivity contribution in [3.05, 3.63) is 41.7 Å². The zero-order valence-electron chi connectivity index (χ0n) is 11.5. The summed E-state index contributed by atoms with van der Waals surface area (Å²) in [4.78, 5) is 10.8. The number of aryl methyl sites for hydroxylation is 2. The van der Waals surface area contributed by atoms with E-state index in [4.69, 9.17) is 5.84 Å². The molecule has 0 fully saturated rings. The molecule has 0 aliphatic rings. The Balaban J connectivity index is 2.48. The van der Waals surface area contributed by atoms with E-state index in [0.29, 0.717) is 11.6 Å². The van der Waals surface area contributed by atoms with Crippen LogP contribution >= 0.6 is 0 Å². The topological polar surface area (TPSA) is 67.1 Å². The third-order valence-electron chi connectivity index (χ3n) is 2.97. The van der Waals surface area contributed by atoms with E-state index in [-0.39, 0.29) is 0 Å². The van der Waals surface area contributed by atoms with Crippen LogP contribution in [0.15, 0.2) is 30.3 Å². The first-order valence-electron chi connectivity index (χ1n) is 6.31. The lowest BCUT2D eigenvalue weighted by Gasteiger charge is -2.24. The number of nitrogens with zero attached hydrogens (tertiary/aromatic N) is 3. The predicted octanol–water partition coefficient (Wildman–Crippen LogP) is 2.54. The van der Waals surface area contributed by atoms with Crippen molar-refractivity contribution in [3.8, 4) is 0 Å². The third kappa shape index (κ3) is 2.82. The van der Waals surface area contributed by atoms with Gasteiger partial charge in [-0.2, -0.15) is 0 Å². The number of nitrogens with two attached hydrogens (primary N) is 1. The summed E-state index contributed by atoms with van der Waals surface area (Å²) in [7, 11) is 0. The van der Waals surface area contributed by atoms with Crippen molar-refractivity contribution in [1.29, 1.82) is 0 Å². The molecule has 0 aliphatic heterocycles. The fourth-order valence-corrected chi connectivity index (χ4v) is 2.09. The van der Waals surface area contributed by atoms with Crippen molar-refractivity contribution < 1.29 is 0 Å². The zero-order valence-corrected chi connectivity index (χ0v) is 11.5. The third-order valence-corrected chi connectivity index (χ3v) is 2.97. The van der Waals surface area contributed by atoms with Gasteiger partial charge in [0.05, 0.1) is 0 Å². The summed E-state index contributed by atoms with van der Waals surface area (Å²) < 4.78 is 0. The predicted molar refractivity (Wildman–Crippen MR) is 78.4 cm³/mol. The average molecular weight is 257 g/mol. The van der Waals surface area contributed by atoms with Crippen LogP contribution < -0.4 is 16.2 Å². The van der Waals surface area contributed by atoms with Crippen LogP contribution in [0, 0.1) is 13.8 Å². The smallest absolute Gasteiger partial charge is 0.145 e. The highest BCUT2D eigenvalue weighted by molar-refractivity contribution is 5.65. The van der Waals surface area contributed by atoms with Crippen molar-refractivity contribution in [2.45, 2.75) is 20.8 Å².